The summed E-state index contributed by atoms with van der Waals surface area (Å²) in [6.07, 6.45) is -2.12. The molecule has 7 heteroatoms. The average molecular weight is 384 g/mol. The highest BCUT2D eigenvalue weighted by atomic mass is 16.7. The molecule has 4 atom stereocenters. The van der Waals surface area contributed by atoms with Crippen molar-refractivity contribution in [1.29, 1.82) is 0 Å². The summed E-state index contributed by atoms with van der Waals surface area (Å²) in [6.45, 7) is 2.29. The summed E-state index contributed by atoms with van der Waals surface area (Å²) in [4.78, 5) is 24.6. The van der Waals surface area contributed by atoms with Crippen LogP contribution in [0, 0.1) is 6.92 Å². The fraction of sp³-hybridized carbons (Fsp3) is 0.333. The SMILES string of the molecule is Cc1ccc(C(=O)O[C@@H]2CO[C@H]3[C@@H]2OC[C@H]3OC(=O)c2ccc(O)cc2)cc1. The smallest absolute Gasteiger partial charge is 0.338 e. The molecular weight excluding hydrogens is 364 g/mol. The minimum absolute atomic E-state index is 0.0678. The molecule has 1 N–H and O–H groups in total. The largest absolute Gasteiger partial charge is 0.508 e. The number of carbonyl (C=O) groups is 2. The maximum absolute atomic E-state index is 12.3. The first-order chi connectivity index (χ1) is 13.5. The van der Waals surface area contributed by atoms with Crippen molar-refractivity contribution in [1.82, 2.24) is 0 Å². The lowest BCUT2D eigenvalue weighted by Gasteiger charge is -2.17. The first-order valence-corrected chi connectivity index (χ1v) is 9.02. The van der Waals surface area contributed by atoms with Gasteiger partial charge in [0, 0.05) is 0 Å². The molecular formula is C21H20O7. The molecule has 0 bridgehead atoms. The third-order valence-corrected chi connectivity index (χ3v) is 4.87. The summed E-state index contributed by atoms with van der Waals surface area (Å²) in [5, 5.41) is 9.31. The van der Waals surface area contributed by atoms with Crippen molar-refractivity contribution in [3.05, 3.63) is 65.2 Å². The third kappa shape index (κ3) is 3.72. The Labute approximate surface area is 161 Å². The van der Waals surface area contributed by atoms with E-state index in [-0.39, 0.29) is 19.0 Å². The van der Waals surface area contributed by atoms with Crippen LogP contribution in [0.1, 0.15) is 26.3 Å². The van der Waals surface area contributed by atoms with Crippen molar-refractivity contribution in [3.63, 3.8) is 0 Å². The van der Waals surface area contributed by atoms with E-state index in [4.69, 9.17) is 18.9 Å². The summed E-state index contributed by atoms with van der Waals surface area (Å²) in [5.41, 5.74) is 1.84. The van der Waals surface area contributed by atoms with Crippen molar-refractivity contribution in [2.24, 2.45) is 0 Å². The summed E-state index contributed by atoms with van der Waals surface area (Å²) in [6, 6.07) is 12.9. The second-order valence-electron chi connectivity index (χ2n) is 6.90. The zero-order valence-electron chi connectivity index (χ0n) is 15.2. The van der Waals surface area contributed by atoms with E-state index < -0.39 is 36.4 Å². The maximum atomic E-state index is 12.3. The average Bonchev–Trinajstić information content (AvgIpc) is 3.26. The molecule has 7 nitrogen and oxygen atoms in total. The standard InChI is InChI=1S/C21H20O7/c1-12-2-4-13(5-3-12)20(23)27-16-10-25-19-17(11-26-18(16)19)28-21(24)14-6-8-15(22)9-7-14/h2-9,16-19,22H,10-11H2,1H3/t16-,17-,18-,19-/m1/s1. The Bertz CT molecular complexity index is 786. The van der Waals surface area contributed by atoms with Crippen LogP contribution in [0.5, 0.6) is 5.75 Å². The fourth-order valence-electron chi connectivity index (χ4n) is 3.33. The highest BCUT2D eigenvalue weighted by Crippen LogP contribution is 2.31. The molecule has 2 aliphatic rings. The number of rotatable bonds is 4. The van der Waals surface area contributed by atoms with Gasteiger partial charge in [0.05, 0.1) is 24.3 Å². The fourth-order valence-corrected chi connectivity index (χ4v) is 3.33. The molecule has 0 aromatic heterocycles. The Kier molecular flexibility index (Phi) is 5.02. The van der Waals surface area contributed by atoms with Gasteiger partial charge in [-0.25, -0.2) is 9.59 Å². The molecule has 0 spiro atoms. The molecule has 4 rings (SSSR count). The molecule has 0 unspecified atom stereocenters. The van der Waals surface area contributed by atoms with Crippen molar-refractivity contribution >= 4 is 11.9 Å². The second kappa shape index (κ2) is 7.61. The third-order valence-electron chi connectivity index (χ3n) is 4.87. The molecule has 2 saturated heterocycles. The van der Waals surface area contributed by atoms with E-state index >= 15 is 0 Å². The Hall–Kier alpha value is -2.90. The normalized spacial score (nSPS) is 25.9. The minimum Gasteiger partial charge on any atom is -0.508 e. The number of hydrogen-bond donors (Lipinski definition) is 1. The van der Waals surface area contributed by atoms with Gasteiger partial charge >= 0.3 is 11.9 Å². The van der Waals surface area contributed by atoms with E-state index in [0.717, 1.165) is 5.56 Å². The first-order valence-electron chi connectivity index (χ1n) is 9.02. The van der Waals surface area contributed by atoms with Gasteiger partial charge in [-0.15, -0.1) is 0 Å². The number of ether oxygens (including phenoxy) is 4. The monoisotopic (exact) mass is 384 g/mol. The molecule has 2 heterocycles. The number of fused-ring (bicyclic) bond motifs is 1. The van der Waals surface area contributed by atoms with Crippen LogP contribution in [0.2, 0.25) is 0 Å². The lowest BCUT2D eigenvalue weighted by molar-refractivity contribution is -0.0287. The molecule has 0 saturated carbocycles. The molecule has 2 fully saturated rings. The van der Waals surface area contributed by atoms with Crippen LogP contribution in [0.3, 0.4) is 0 Å². The highest BCUT2D eigenvalue weighted by molar-refractivity contribution is 5.90. The number of benzene rings is 2. The van der Waals surface area contributed by atoms with Gasteiger partial charge in [0.2, 0.25) is 0 Å². The molecule has 28 heavy (non-hydrogen) atoms. The Morgan fingerprint density at radius 1 is 0.821 bits per heavy atom. The van der Waals surface area contributed by atoms with Crippen LogP contribution in [-0.2, 0) is 18.9 Å². The van der Waals surface area contributed by atoms with E-state index in [1.54, 1.807) is 12.1 Å². The number of phenolic OH excluding ortho intramolecular Hbond substituents is 1. The number of aryl methyl sites for hydroxylation is 1. The second-order valence-corrected chi connectivity index (χ2v) is 6.90. The van der Waals surface area contributed by atoms with Gasteiger partial charge < -0.3 is 24.1 Å². The quantitative estimate of drug-likeness (QED) is 0.809. The van der Waals surface area contributed by atoms with E-state index in [1.165, 1.54) is 24.3 Å². The molecule has 2 aromatic rings. The Morgan fingerprint density at radius 2 is 1.25 bits per heavy atom. The summed E-state index contributed by atoms with van der Waals surface area (Å²) in [5.74, 6) is -0.904. The van der Waals surface area contributed by atoms with Crippen LogP contribution >= 0.6 is 0 Å². The number of carbonyl (C=O) groups excluding carboxylic acids is 2. The van der Waals surface area contributed by atoms with Gasteiger partial charge in [0.25, 0.3) is 0 Å². The molecule has 2 aromatic carbocycles. The zero-order chi connectivity index (χ0) is 19.7. The van der Waals surface area contributed by atoms with Crippen LogP contribution < -0.4 is 0 Å². The zero-order valence-corrected chi connectivity index (χ0v) is 15.2. The number of hydrogen-bond acceptors (Lipinski definition) is 7. The van der Waals surface area contributed by atoms with E-state index in [1.807, 2.05) is 19.1 Å². The van der Waals surface area contributed by atoms with Gasteiger partial charge in [-0.1, -0.05) is 17.7 Å². The molecule has 0 aliphatic carbocycles. The van der Waals surface area contributed by atoms with E-state index in [2.05, 4.69) is 0 Å². The predicted octanol–water partition coefficient (Wildman–Crippen LogP) is 2.25. The van der Waals surface area contributed by atoms with Gasteiger partial charge in [-0.05, 0) is 43.3 Å². The lowest BCUT2D eigenvalue weighted by Crippen LogP contribution is -2.36. The number of aromatic hydroxyl groups is 1. The molecule has 146 valence electrons. The first kappa shape index (κ1) is 18.5. The van der Waals surface area contributed by atoms with Crippen LogP contribution in [0.25, 0.3) is 0 Å². The van der Waals surface area contributed by atoms with Gasteiger partial charge in [-0.2, -0.15) is 0 Å². The highest BCUT2D eigenvalue weighted by Gasteiger charge is 2.51. The van der Waals surface area contributed by atoms with Gasteiger partial charge in [-0.3, -0.25) is 0 Å². The van der Waals surface area contributed by atoms with Crippen LogP contribution in [0.4, 0.5) is 0 Å². The van der Waals surface area contributed by atoms with E-state index in [0.29, 0.717) is 11.1 Å². The topological polar surface area (TPSA) is 91.3 Å². The summed E-state index contributed by atoms with van der Waals surface area (Å²) in [7, 11) is 0. The van der Waals surface area contributed by atoms with Crippen LogP contribution in [-0.4, -0.2) is 54.7 Å². The van der Waals surface area contributed by atoms with Gasteiger partial charge in [0.15, 0.2) is 12.2 Å². The Balaban J connectivity index is 1.36. The Morgan fingerprint density at radius 3 is 1.71 bits per heavy atom. The minimum atomic E-state index is -0.589. The summed E-state index contributed by atoms with van der Waals surface area (Å²) < 4.78 is 22.4. The van der Waals surface area contributed by atoms with E-state index in [9.17, 15) is 14.7 Å². The summed E-state index contributed by atoms with van der Waals surface area (Å²) >= 11 is 0. The molecule has 0 radical (unpaired) electrons. The predicted molar refractivity (Wildman–Crippen MR) is 97.2 cm³/mol. The van der Waals surface area contributed by atoms with Crippen LogP contribution in [0.15, 0.2) is 48.5 Å². The lowest BCUT2D eigenvalue weighted by atomic mass is 10.1. The van der Waals surface area contributed by atoms with Crippen molar-refractivity contribution in [2.45, 2.75) is 31.3 Å². The maximum Gasteiger partial charge on any atom is 0.338 e. The van der Waals surface area contributed by atoms with Crippen molar-refractivity contribution < 1.29 is 33.6 Å². The number of phenols is 1. The van der Waals surface area contributed by atoms with Crippen molar-refractivity contribution in [3.8, 4) is 5.75 Å². The van der Waals surface area contributed by atoms with Gasteiger partial charge in [0.1, 0.15) is 18.0 Å². The molecule has 0 amide bonds. The molecule has 2 aliphatic heterocycles. The number of esters is 2. The van der Waals surface area contributed by atoms with Crippen molar-refractivity contribution in [2.75, 3.05) is 13.2 Å².